The Bertz CT molecular complexity index is 2950. The first kappa shape index (κ1) is 62.2. The lowest BCUT2D eigenvalue weighted by molar-refractivity contribution is -0.138. The maximum absolute atomic E-state index is 13.9. The molecule has 3 saturated heterocycles. The van der Waals surface area contributed by atoms with Gasteiger partial charge in [-0.05, 0) is 79.9 Å². The van der Waals surface area contributed by atoms with Crippen molar-refractivity contribution in [3.8, 4) is 11.1 Å². The number of unbranched alkanes of at least 4 members (excludes halogenated alkanes) is 1. The highest BCUT2D eigenvalue weighted by atomic mass is 19.4. The van der Waals surface area contributed by atoms with E-state index in [0.29, 0.717) is 122 Å². The number of ketones is 1. The van der Waals surface area contributed by atoms with Gasteiger partial charge in [0.2, 0.25) is 17.4 Å². The zero-order valence-electron chi connectivity index (χ0n) is 46.9. The Morgan fingerprint density at radius 2 is 1.33 bits per heavy atom. The third-order valence-electron chi connectivity index (χ3n) is 14.9. The van der Waals surface area contributed by atoms with Crippen LogP contribution in [-0.4, -0.2) is 205 Å². The van der Waals surface area contributed by atoms with Gasteiger partial charge in [-0.2, -0.15) is 13.2 Å². The number of anilines is 3. The van der Waals surface area contributed by atoms with Gasteiger partial charge in [-0.15, -0.1) is 0 Å². The van der Waals surface area contributed by atoms with Gasteiger partial charge in [0.25, 0.3) is 17.7 Å². The number of ether oxygens (including phenoxy) is 5. The van der Waals surface area contributed by atoms with E-state index in [1.165, 1.54) is 0 Å². The molecule has 4 aliphatic heterocycles. The number of nitrogens with one attached hydrogen (secondary N) is 4. The molecule has 8 rings (SSSR count). The maximum atomic E-state index is 13.9. The van der Waals surface area contributed by atoms with Crippen LogP contribution < -0.4 is 26.4 Å². The van der Waals surface area contributed by atoms with E-state index in [-0.39, 0.29) is 29.8 Å². The average Bonchev–Trinajstić information content (AvgIpc) is 3.26. The van der Waals surface area contributed by atoms with Gasteiger partial charge >= 0.3 is 6.18 Å². The number of H-pyrrole nitrogens is 1. The number of alkyl halides is 3. The molecule has 1 atom stereocenters. The van der Waals surface area contributed by atoms with Gasteiger partial charge in [0.15, 0.2) is 0 Å². The van der Waals surface area contributed by atoms with Crippen LogP contribution in [0.4, 0.5) is 30.2 Å². The third-order valence-corrected chi connectivity index (χ3v) is 14.9. The van der Waals surface area contributed by atoms with Crippen molar-refractivity contribution in [1.29, 1.82) is 0 Å². The van der Waals surface area contributed by atoms with Crippen LogP contribution >= 0.6 is 0 Å². The summed E-state index contributed by atoms with van der Waals surface area (Å²) in [6, 6.07) is 18.1. The summed E-state index contributed by atoms with van der Waals surface area (Å²) < 4.78 is 69.7. The fraction of sp³-hybridized carbons (Fsp3) is 0.508. The number of likely N-dealkylation sites (N-methyl/N-ethyl adjacent to an activating group) is 1. The number of nitrogens with zero attached hydrogens (tertiary/aromatic N) is 5. The first-order valence-corrected chi connectivity index (χ1v) is 28.3. The largest absolute Gasteiger partial charge is 0.417 e. The quantitative estimate of drug-likeness (QED) is 0.0387. The fourth-order valence-electron chi connectivity index (χ4n) is 10.4. The minimum atomic E-state index is -4.90. The SMILES string of the molecule is CN1CCN(c2ccc(-c3cccc(CN4CCN(CCCCC(=O)CCOCCOCCOCCOCCOCCNc5cccc6c5C(=O)N(C5CCC(=O)NC5=O)C6=O)CC4)c3)cc2NC(=O)c2c[nH]c(=O)cc2C(F)(F)F)CC1. The van der Waals surface area contributed by atoms with Crippen molar-refractivity contribution in [2.75, 3.05) is 154 Å². The van der Waals surface area contributed by atoms with Crippen LogP contribution in [0.15, 0.2) is 77.7 Å². The van der Waals surface area contributed by atoms with Crippen LogP contribution in [0.25, 0.3) is 11.1 Å². The molecule has 0 saturated carbocycles. The van der Waals surface area contributed by atoms with Crippen molar-refractivity contribution in [3.05, 3.63) is 111 Å². The van der Waals surface area contributed by atoms with Crippen molar-refractivity contribution in [2.45, 2.75) is 57.3 Å². The van der Waals surface area contributed by atoms with E-state index < -0.39 is 58.4 Å². The molecular weight excluding hydrogens is 1080 g/mol. The molecule has 3 aromatic carbocycles. The Hall–Kier alpha value is -6.90. The summed E-state index contributed by atoms with van der Waals surface area (Å²) in [5.74, 6) is -3.02. The van der Waals surface area contributed by atoms with E-state index in [9.17, 15) is 46.7 Å². The second-order valence-electron chi connectivity index (χ2n) is 20.8. The molecule has 0 spiro atoms. The van der Waals surface area contributed by atoms with Crippen molar-refractivity contribution in [2.24, 2.45) is 0 Å². The fourth-order valence-corrected chi connectivity index (χ4v) is 10.4. The minimum absolute atomic E-state index is 0.0494. The summed E-state index contributed by atoms with van der Waals surface area (Å²) in [7, 11) is 2.02. The molecular formula is C59H74F3N9O12. The molecule has 448 valence electrons. The number of amides is 5. The Labute approximate surface area is 480 Å². The number of aromatic nitrogens is 1. The number of halogens is 3. The van der Waals surface area contributed by atoms with Crippen molar-refractivity contribution < 1.29 is 65.6 Å². The van der Waals surface area contributed by atoms with E-state index in [1.807, 2.05) is 31.3 Å². The molecule has 83 heavy (non-hydrogen) atoms. The number of carbonyl (C=O) groups excluding carboxylic acids is 6. The summed E-state index contributed by atoms with van der Waals surface area (Å²) in [6.07, 6.45) is -1.32. The van der Waals surface area contributed by atoms with Crippen molar-refractivity contribution in [3.63, 3.8) is 0 Å². The van der Waals surface area contributed by atoms with Crippen LogP contribution in [0.2, 0.25) is 0 Å². The topological polar surface area (TPSA) is 234 Å². The Kier molecular flexibility index (Phi) is 22.9. The molecule has 1 unspecified atom stereocenters. The highest BCUT2D eigenvalue weighted by molar-refractivity contribution is 6.25. The highest BCUT2D eigenvalue weighted by Crippen LogP contribution is 2.36. The van der Waals surface area contributed by atoms with Crippen LogP contribution in [0.5, 0.6) is 0 Å². The molecule has 21 nitrogen and oxygen atoms in total. The van der Waals surface area contributed by atoms with Crippen LogP contribution in [0, 0.1) is 0 Å². The Morgan fingerprint density at radius 1 is 0.675 bits per heavy atom. The number of piperidine rings is 1. The summed E-state index contributed by atoms with van der Waals surface area (Å²) in [6.45, 7) is 12.3. The van der Waals surface area contributed by atoms with Crippen LogP contribution in [-0.2, 0) is 50.8 Å². The molecule has 4 aliphatic rings. The molecule has 5 amide bonds. The number of hydrogen-bond acceptors (Lipinski definition) is 17. The first-order valence-electron chi connectivity index (χ1n) is 28.3. The van der Waals surface area contributed by atoms with Gasteiger partial charge in [0.05, 0.1) is 99.7 Å². The lowest BCUT2D eigenvalue weighted by Crippen LogP contribution is -2.54. The average molecular weight is 1160 g/mol. The third kappa shape index (κ3) is 17.8. The van der Waals surface area contributed by atoms with E-state index in [0.717, 1.165) is 93.0 Å². The molecule has 3 fully saturated rings. The van der Waals surface area contributed by atoms with Gasteiger partial charge in [0, 0.05) is 103 Å². The predicted molar refractivity (Wildman–Crippen MR) is 302 cm³/mol. The zero-order chi connectivity index (χ0) is 58.7. The van der Waals surface area contributed by atoms with E-state index in [2.05, 4.69) is 52.7 Å². The standard InChI is InChI=1S/C59H74F3N9O12/c1-67-18-24-70(25-19-67)50-12-11-43(37-49(50)65-55(75)46-39-64-53(74)38-47(46)59(60,61)62)42-7-4-6-41(36-42)40-69-22-20-68(21-23-69)17-3-2-8-44(72)15-26-79-28-30-81-32-34-83-35-33-82-31-29-80-27-16-63-48-10-5-9-45-54(48)58(78)71(57(45)77)51-13-14-52(73)66-56(51)76/h4-7,9-12,36-39,51,63H,2-3,8,13-35,40H2,1H3,(H,64,74)(H,65,75)(H,66,73,76). The lowest BCUT2D eigenvalue weighted by Gasteiger charge is -2.35. The number of rotatable bonds is 31. The summed E-state index contributed by atoms with van der Waals surface area (Å²) in [4.78, 5) is 100. The van der Waals surface area contributed by atoms with Gasteiger partial charge in [-0.25, -0.2) is 0 Å². The Morgan fingerprint density at radius 3 is 2.01 bits per heavy atom. The molecule has 0 bridgehead atoms. The lowest BCUT2D eigenvalue weighted by atomic mass is 10.0. The second-order valence-corrected chi connectivity index (χ2v) is 20.8. The highest BCUT2D eigenvalue weighted by Gasteiger charge is 2.45. The first-order chi connectivity index (χ1) is 40.1. The van der Waals surface area contributed by atoms with Crippen molar-refractivity contribution >= 4 is 52.4 Å². The summed E-state index contributed by atoms with van der Waals surface area (Å²) >= 11 is 0. The van der Waals surface area contributed by atoms with Gasteiger partial charge < -0.3 is 54.0 Å². The normalized spacial score (nSPS) is 17.3. The zero-order valence-corrected chi connectivity index (χ0v) is 46.9. The molecule has 0 aliphatic carbocycles. The minimum Gasteiger partial charge on any atom is -0.382 e. The van der Waals surface area contributed by atoms with E-state index >= 15 is 0 Å². The predicted octanol–water partition coefficient (Wildman–Crippen LogP) is 4.91. The number of pyridine rings is 1. The number of carbonyl (C=O) groups is 6. The number of imide groups is 2. The smallest absolute Gasteiger partial charge is 0.382 e. The molecule has 5 heterocycles. The molecule has 4 N–H and O–H groups in total. The Balaban J connectivity index is 0.623. The number of benzene rings is 3. The van der Waals surface area contributed by atoms with Crippen LogP contribution in [0.3, 0.4) is 0 Å². The molecule has 1 aromatic heterocycles. The number of Topliss-reactive ketones (excluding diaryl/α,β-unsaturated/α-hetero) is 1. The molecule has 24 heteroatoms. The summed E-state index contributed by atoms with van der Waals surface area (Å²) in [5, 5.41) is 8.08. The van der Waals surface area contributed by atoms with Gasteiger partial charge in [0.1, 0.15) is 11.8 Å². The second kappa shape index (κ2) is 30.6. The van der Waals surface area contributed by atoms with E-state index in [1.54, 1.807) is 24.3 Å². The number of aromatic amines is 1. The van der Waals surface area contributed by atoms with E-state index in [4.69, 9.17) is 23.7 Å². The van der Waals surface area contributed by atoms with Gasteiger partial charge in [-0.1, -0.05) is 30.3 Å². The number of piperazine rings is 2. The number of fused-ring (bicyclic) bond motifs is 1. The van der Waals surface area contributed by atoms with Crippen LogP contribution in [0.1, 0.15) is 80.7 Å². The monoisotopic (exact) mass is 1160 g/mol. The number of hydrogen-bond donors (Lipinski definition) is 4. The summed E-state index contributed by atoms with van der Waals surface area (Å²) in [5.41, 5.74) is 1.82. The maximum Gasteiger partial charge on any atom is 0.417 e. The molecule has 4 aromatic rings. The van der Waals surface area contributed by atoms with Gasteiger partial charge in [-0.3, -0.25) is 48.7 Å². The molecule has 0 radical (unpaired) electrons. The van der Waals surface area contributed by atoms with Crippen molar-refractivity contribution in [1.82, 2.24) is 29.9 Å².